The number of aromatic carboxylic acids is 1. The molecule has 0 aliphatic carbocycles. The number of carboxylic acid groups (broad SMARTS) is 1. The normalized spacial score (nSPS) is 11.6. The lowest BCUT2D eigenvalue weighted by Gasteiger charge is -2.11. The molecule has 5 nitrogen and oxygen atoms in total. The average molecular weight is 289 g/mol. The number of benzene rings is 1. The van der Waals surface area contributed by atoms with E-state index in [-0.39, 0.29) is 17.4 Å². The minimum Gasteiger partial charge on any atom is -0.478 e. The molecule has 7 heteroatoms. The Morgan fingerprint density at radius 1 is 1.42 bits per heavy atom. The van der Waals surface area contributed by atoms with Crippen molar-refractivity contribution in [1.82, 2.24) is 0 Å². The van der Waals surface area contributed by atoms with Crippen LogP contribution in [0.15, 0.2) is 18.2 Å². The van der Waals surface area contributed by atoms with Gasteiger partial charge in [-0.15, -0.1) is 0 Å². The van der Waals surface area contributed by atoms with Crippen molar-refractivity contribution in [1.29, 1.82) is 0 Å². The van der Waals surface area contributed by atoms with Gasteiger partial charge in [-0.2, -0.15) is 0 Å². The number of halogens is 1. The molecule has 0 saturated heterocycles. The fourth-order valence-electron chi connectivity index (χ4n) is 1.39. The molecule has 1 rings (SSSR count). The van der Waals surface area contributed by atoms with Crippen LogP contribution in [0.5, 0.6) is 0 Å². The van der Waals surface area contributed by atoms with Crippen molar-refractivity contribution >= 4 is 21.7 Å². The smallest absolute Gasteiger partial charge is 0.337 e. The summed E-state index contributed by atoms with van der Waals surface area (Å²) in [5.41, 5.74) is -0.536. The Hall–Kier alpha value is -1.63. The topological polar surface area (TPSA) is 83.5 Å². The van der Waals surface area contributed by atoms with Gasteiger partial charge in [-0.1, -0.05) is 13.8 Å². The molecule has 0 heterocycles. The van der Waals surface area contributed by atoms with E-state index in [4.69, 9.17) is 5.11 Å². The number of carboxylic acids is 1. The molecule has 0 radical (unpaired) electrons. The maximum atomic E-state index is 13.0. The maximum absolute atomic E-state index is 13.0. The van der Waals surface area contributed by atoms with Crippen LogP contribution in [0.2, 0.25) is 0 Å². The summed E-state index contributed by atoms with van der Waals surface area (Å²) in [6.07, 6.45) is 0.457. The Morgan fingerprint density at radius 2 is 2.05 bits per heavy atom. The van der Waals surface area contributed by atoms with Crippen molar-refractivity contribution in [3.05, 3.63) is 29.6 Å². The Balaban J connectivity index is 2.96. The number of anilines is 1. The Kier molecular flexibility index (Phi) is 4.88. The van der Waals surface area contributed by atoms with Crippen LogP contribution in [-0.2, 0) is 10.0 Å². The zero-order valence-electron chi connectivity index (χ0n) is 10.7. The number of nitrogens with one attached hydrogen (secondary N) is 1. The summed E-state index contributed by atoms with van der Waals surface area (Å²) in [5.74, 6) is -2.02. The predicted molar refractivity (Wildman–Crippen MR) is 70.2 cm³/mol. The number of hydrogen-bond acceptors (Lipinski definition) is 3. The van der Waals surface area contributed by atoms with Gasteiger partial charge >= 0.3 is 5.97 Å². The van der Waals surface area contributed by atoms with E-state index < -0.39 is 27.4 Å². The highest BCUT2D eigenvalue weighted by Crippen LogP contribution is 2.19. The van der Waals surface area contributed by atoms with Crippen LogP contribution in [-0.4, -0.2) is 25.2 Å². The monoisotopic (exact) mass is 289 g/mol. The number of rotatable bonds is 6. The molecule has 0 saturated carbocycles. The van der Waals surface area contributed by atoms with E-state index in [2.05, 4.69) is 4.72 Å². The molecule has 0 atom stereocenters. The minimum atomic E-state index is -3.63. The van der Waals surface area contributed by atoms with E-state index in [1.807, 2.05) is 13.8 Å². The standard InChI is InChI=1S/C12H16FNO4S/c1-8(2)5-6-19(17,18)14-11-4-3-9(13)7-10(11)12(15)16/h3-4,7-8,14H,5-6H2,1-2H3,(H,15,16). The lowest BCUT2D eigenvalue weighted by atomic mass is 10.2. The molecule has 0 fully saturated rings. The number of hydrogen-bond donors (Lipinski definition) is 2. The average Bonchev–Trinajstić information content (AvgIpc) is 2.28. The molecule has 1 aromatic carbocycles. The molecule has 106 valence electrons. The van der Waals surface area contributed by atoms with Crippen LogP contribution in [0.1, 0.15) is 30.6 Å². The first kappa shape index (κ1) is 15.4. The van der Waals surface area contributed by atoms with Gasteiger partial charge in [0.25, 0.3) is 0 Å². The lowest BCUT2D eigenvalue weighted by Crippen LogP contribution is -2.19. The molecule has 2 N–H and O–H groups in total. The Bertz CT molecular complexity index is 569. The van der Waals surface area contributed by atoms with Gasteiger partial charge in [0.15, 0.2) is 0 Å². The highest BCUT2D eigenvalue weighted by Gasteiger charge is 2.17. The van der Waals surface area contributed by atoms with Crippen molar-refractivity contribution in [3.8, 4) is 0 Å². The third kappa shape index (κ3) is 4.86. The summed E-state index contributed by atoms with van der Waals surface area (Å²) in [5, 5.41) is 8.90. The van der Waals surface area contributed by atoms with E-state index >= 15 is 0 Å². The highest BCUT2D eigenvalue weighted by molar-refractivity contribution is 7.92. The molecule has 1 aromatic rings. The quantitative estimate of drug-likeness (QED) is 0.841. The largest absolute Gasteiger partial charge is 0.478 e. The van der Waals surface area contributed by atoms with Crippen molar-refractivity contribution in [2.75, 3.05) is 10.5 Å². The molecular formula is C12H16FNO4S. The molecule has 0 aliphatic heterocycles. The Labute approximate surface area is 111 Å². The van der Waals surface area contributed by atoms with E-state index in [0.717, 1.165) is 18.2 Å². The molecular weight excluding hydrogens is 273 g/mol. The molecule has 0 spiro atoms. The van der Waals surface area contributed by atoms with Crippen LogP contribution in [0.25, 0.3) is 0 Å². The zero-order chi connectivity index (χ0) is 14.6. The molecule has 0 amide bonds. The van der Waals surface area contributed by atoms with Gasteiger partial charge in [0.05, 0.1) is 17.0 Å². The summed E-state index contributed by atoms with van der Waals surface area (Å²) in [4.78, 5) is 10.9. The second-order valence-electron chi connectivity index (χ2n) is 4.60. The predicted octanol–water partition coefficient (Wildman–Crippen LogP) is 2.31. The number of carbonyl (C=O) groups is 1. The van der Waals surface area contributed by atoms with Crippen LogP contribution >= 0.6 is 0 Å². The first-order valence-corrected chi connectivity index (χ1v) is 7.40. The summed E-state index contributed by atoms with van der Waals surface area (Å²) in [7, 11) is -3.63. The maximum Gasteiger partial charge on any atom is 0.337 e. The van der Waals surface area contributed by atoms with Gasteiger partial charge in [0.1, 0.15) is 5.82 Å². The molecule has 0 aromatic heterocycles. The molecule has 0 unspecified atom stereocenters. The van der Waals surface area contributed by atoms with Crippen molar-refractivity contribution in [2.45, 2.75) is 20.3 Å². The Morgan fingerprint density at radius 3 is 2.58 bits per heavy atom. The van der Waals surface area contributed by atoms with E-state index in [0.29, 0.717) is 6.42 Å². The second kappa shape index (κ2) is 6.01. The second-order valence-corrected chi connectivity index (χ2v) is 6.44. The minimum absolute atomic E-state index is 0.110. The van der Waals surface area contributed by atoms with Crippen LogP contribution in [0.3, 0.4) is 0 Å². The van der Waals surface area contributed by atoms with E-state index in [9.17, 15) is 17.6 Å². The van der Waals surface area contributed by atoms with Crippen LogP contribution < -0.4 is 4.72 Å². The molecule has 0 bridgehead atoms. The van der Waals surface area contributed by atoms with Crippen molar-refractivity contribution in [3.63, 3.8) is 0 Å². The van der Waals surface area contributed by atoms with Crippen molar-refractivity contribution in [2.24, 2.45) is 5.92 Å². The summed E-state index contributed by atoms with van der Waals surface area (Å²) < 4.78 is 38.7. The van der Waals surface area contributed by atoms with Crippen LogP contribution in [0, 0.1) is 11.7 Å². The highest BCUT2D eigenvalue weighted by atomic mass is 32.2. The zero-order valence-corrected chi connectivity index (χ0v) is 11.5. The lowest BCUT2D eigenvalue weighted by molar-refractivity contribution is 0.0697. The molecule has 0 aliphatic rings. The van der Waals surface area contributed by atoms with Gasteiger partial charge < -0.3 is 5.11 Å². The summed E-state index contributed by atoms with van der Waals surface area (Å²) in [6, 6.07) is 2.89. The number of sulfonamides is 1. The summed E-state index contributed by atoms with van der Waals surface area (Å²) >= 11 is 0. The third-order valence-corrected chi connectivity index (χ3v) is 3.75. The first-order valence-electron chi connectivity index (χ1n) is 5.74. The fraction of sp³-hybridized carbons (Fsp3) is 0.417. The fourth-order valence-corrected chi connectivity index (χ4v) is 2.79. The third-order valence-electron chi connectivity index (χ3n) is 2.44. The SMILES string of the molecule is CC(C)CCS(=O)(=O)Nc1ccc(F)cc1C(=O)O. The van der Waals surface area contributed by atoms with Gasteiger partial charge in [-0.25, -0.2) is 17.6 Å². The van der Waals surface area contributed by atoms with Gasteiger partial charge in [-0.3, -0.25) is 4.72 Å². The summed E-state index contributed by atoms with van der Waals surface area (Å²) in [6.45, 7) is 3.77. The van der Waals surface area contributed by atoms with Crippen molar-refractivity contribution < 1.29 is 22.7 Å². The van der Waals surface area contributed by atoms with E-state index in [1.54, 1.807) is 0 Å². The van der Waals surface area contributed by atoms with Crippen LogP contribution in [0.4, 0.5) is 10.1 Å². The first-order chi connectivity index (χ1) is 8.71. The van der Waals surface area contributed by atoms with Gasteiger partial charge in [0, 0.05) is 0 Å². The molecule has 19 heavy (non-hydrogen) atoms. The van der Waals surface area contributed by atoms with E-state index in [1.165, 1.54) is 0 Å². The van der Waals surface area contributed by atoms with Gasteiger partial charge in [0.2, 0.25) is 10.0 Å². The van der Waals surface area contributed by atoms with Gasteiger partial charge in [-0.05, 0) is 30.5 Å².